The summed E-state index contributed by atoms with van der Waals surface area (Å²) in [7, 11) is 1.79. The zero-order chi connectivity index (χ0) is 10.1. The van der Waals surface area contributed by atoms with Gasteiger partial charge in [-0.15, -0.1) is 0 Å². The Morgan fingerprint density at radius 1 is 1.50 bits per heavy atom. The summed E-state index contributed by atoms with van der Waals surface area (Å²) >= 11 is 0.462. The molecule has 0 bridgehead atoms. The third-order valence-electron chi connectivity index (χ3n) is 2.62. The Balaban J connectivity index is 2.46. The van der Waals surface area contributed by atoms with E-state index >= 15 is 0 Å². The van der Waals surface area contributed by atoms with E-state index in [1.54, 1.807) is 7.11 Å². The fraction of sp³-hybridized carbons (Fsp3) is 0.500. The summed E-state index contributed by atoms with van der Waals surface area (Å²) in [5, 5.41) is 0. The molecule has 78 valence electrons. The number of methoxy groups -OCH3 is 1. The number of benzene rings is 1. The first kappa shape index (κ1) is 10.3. The second-order valence-corrected chi connectivity index (χ2v) is 6.93. The first-order chi connectivity index (χ1) is 6.76. The molecule has 1 unspecified atom stereocenters. The molecule has 1 aliphatic rings. The topological polar surface area (TPSA) is 9.23 Å². The van der Waals surface area contributed by atoms with E-state index in [0.717, 1.165) is 16.1 Å². The molecule has 0 aliphatic carbocycles. The van der Waals surface area contributed by atoms with E-state index < -0.39 is 0 Å². The molecule has 1 saturated heterocycles. The van der Waals surface area contributed by atoms with Crippen molar-refractivity contribution in [1.29, 1.82) is 0 Å². The Bertz CT molecular complexity index is 342. The van der Waals surface area contributed by atoms with Crippen molar-refractivity contribution in [3.8, 4) is 5.75 Å². The van der Waals surface area contributed by atoms with E-state index in [1.807, 2.05) is 0 Å². The fourth-order valence-corrected chi connectivity index (χ4v) is 3.47. The van der Waals surface area contributed by atoms with E-state index in [-0.39, 0.29) is 0 Å². The Kier molecular flexibility index (Phi) is 3.00. The molecular weight excluding hydrogens is 287 g/mol. The molecule has 14 heavy (non-hydrogen) atoms. The van der Waals surface area contributed by atoms with Crippen LogP contribution in [0.25, 0.3) is 0 Å². The molecule has 0 aromatic heterocycles. The van der Waals surface area contributed by atoms with Crippen LogP contribution in [0.2, 0.25) is 0 Å². The maximum absolute atomic E-state index is 5.49. The summed E-state index contributed by atoms with van der Waals surface area (Å²) in [6, 6.07) is 4.60. The first-order valence-corrected chi connectivity index (χ1v) is 7.78. The number of aryl methyl sites for hydroxylation is 2. The number of halogens is 1. The quantitative estimate of drug-likeness (QED) is 0.551. The molecule has 0 radical (unpaired) electrons. The Morgan fingerprint density at radius 2 is 2.21 bits per heavy atom. The van der Waals surface area contributed by atoms with Gasteiger partial charge < -0.3 is 0 Å². The molecule has 1 nitrogen and oxygen atoms in total. The molecule has 1 atom stereocenters. The standard InChI is InChI=1S/C12H16IO/c1-4-9-5-8(2)12(14-3)10(6-9)11-7-13-11/h5-6,11H,4,7H2,1-3H3/q-1. The summed E-state index contributed by atoms with van der Waals surface area (Å²) in [6.07, 6.45) is 1.13. The number of rotatable bonds is 3. The Labute approximate surface area is 96.1 Å². The Hall–Kier alpha value is -0.250. The van der Waals surface area contributed by atoms with E-state index in [2.05, 4.69) is 26.0 Å². The molecule has 2 heteroatoms. The van der Waals surface area contributed by atoms with Crippen LogP contribution in [0.15, 0.2) is 12.1 Å². The van der Waals surface area contributed by atoms with Crippen LogP contribution in [0.3, 0.4) is 0 Å². The zero-order valence-electron chi connectivity index (χ0n) is 8.93. The van der Waals surface area contributed by atoms with Gasteiger partial charge in [-0.1, -0.05) is 0 Å². The fourth-order valence-electron chi connectivity index (χ4n) is 1.80. The second kappa shape index (κ2) is 4.09. The van der Waals surface area contributed by atoms with Crippen LogP contribution in [0, 0.1) is 6.92 Å². The van der Waals surface area contributed by atoms with Crippen LogP contribution < -0.4 is 25.9 Å². The van der Waals surface area contributed by atoms with Gasteiger partial charge in [0, 0.05) is 0 Å². The van der Waals surface area contributed by atoms with Gasteiger partial charge in [-0.25, -0.2) is 0 Å². The first-order valence-electron chi connectivity index (χ1n) is 5.01. The van der Waals surface area contributed by atoms with E-state index in [9.17, 15) is 0 Å². The minimum atomic E-state index is 0.462. The molecular formula is C12H16IO-. The van der Waals surface area contributed by atoms with Gasteiger partial charge in [0.25, 0.3) is 0 Å². The van der Waals surface area contributed by atoms with Crippen molar-refractivity contribution in [2.75, 3.05) is 11.5 Å². The van der Waals surface area contributed by atoms with Gasteiger partial charge in [-0.2, -0.15) is 0 Å². The minimum absolute atomic E-state index is 0.462. The van der Waals surface area contributed by atoms with Crippen LogP contribution >= 0.6 is 0 Å². The average Bonchev–Trinajstić information content (AvgIpc) is 2.99. The van der Waals surface area contributed by atoms with Gasteiger partial charge in [-0.3, -0.25) is 0 Å². The van der Waals surface area contributed by atoms with Crippen molar-refractivity contribution in [3.05, 3.63) is 28.8 Å². The molecule has 1 fully saturated rings. The number of ether oxygens (including phenoxy) is 1. The van der Waals surface area contributed by atoms with Gasteiger partial charge in [0.05, 0.1) is 0 Å². The zero-order valence-corrected chi connectivity index (χ0v) is 11.1. The van der Waals surface area contributed by atoms with E-state index in [4.69, 9.17) is 4.74 Å². The summed E-state index contributed by atoms with van der Waals surface area (Å²) in [5.74, 6) is 1.14. The molecule has 1 aliphatic heterocycles. The van der Waals surface area contributed by atoms with Gasteiger partial charge in [0.15, 0.2) is 0 Å². The van der Waals surface area contributed by atoms with Crippen LogP contribution in [-0.2, 0) is 6.42 Å². The maximum atomic E-state index is 5.49. The van der Waals surface area contributed by atoms with Crippen molar-refractivity contribution in [2.24, 2.45) is 0 Å². The monoisotopic (exact) mass is 303 g/mol. The van der Waals surface area contributed by atoms with Gasteiger partial charge in [-0.05, 0) is 0 Å². The van der Waals surface area contributed by atoms with Crippen molar-refractivity contribution < 1.29 is 25.9 Å². The molecule has 2 rings (SSSR count). The molecule has 0 saturated carbocycles. The van der Waals surface area contributed by atoms with Crippen molar-refractivity contribution in [3.63, 3.8) is 0 Å². The number of hydrogen-bond acceptors (Lipinski definition) is 1. The SMILES string of the molecule is CCc1cc(C)c(OC)c(C2C[I-]2)c1. The van der Waals surface area contributed by atoms with Crippen molar-refractivity contribution in [2.45, 2.75) is 24.2 Å². The summed E-state index contributed by atoms with van der Waals surface area (Å²) in [4.78, 5) is 0. The number of hydrogen-bond donors (Lipinski definition) is 0. The number of alkyl halides is 2. The summed E-state index contributed by atoms with van der Waals surface area (Å²) in [6.45, 7) is 4.37. The summed E-state index contributed by atoms with van der Waals surface area (Å²) < 4.78 is 7.82. The molecule has 0 amide bonds. The van der Waals surface area contributed by atoms with Crippen molar-refractivity contribution >= 4 is 0 Å². The van der Waals surface area contributed by atoms with Gasteiger partial charge in [0.2, 0.25) is 0 Å². The normalized spacial score (nSPS) is 20.1. The molecule has 0 spiro atoms. The average molecular weight is 303 g/mol. The molecule has 0 N–H and O–H groups in total. The summed E-state index contributed by atoms with van der Waals surface area (Å²) in [5.41, 5.74) is 4.24. The molecule has 1 heterocycles. The van der Waals surface area contributed by atoms with Crippen LogP contribution in [0.4, 0.5) is 0 Å². The molecule has 1 aromatic rings. The van der Waals surface area contributed by atoms with E-state index in [0.29, 0.717) is 21.2 Å². The second-order valence-electron chi connectivity index (χ2n) is 3.66. The van der Waals surface area contributed by atoms with Gasteiger partial charge in [0.1, 0.15) is 0 Å². The third kappa shape index (κ3) is 1.90. The predicted molar refractivity (Wildman–Crippen MR) is 54.7 cm³/mol. The van der Waals surface area contributed by atoms with Crippen molar-refractivity contribution in [1.82, 2.24) is 0 Å². The van der Waals surface area contributed by atoms with Crippen LogP contribution in [0.5, 0.6) is 5.75 Å². The van der Waals surface area contributed by atoms with E-state index in [1.165, 1.54) is 21.1 Å². The third-order valence-corrected chi connectivity index (χ3v) is 5.05. The predicted octanol–water partition coefficient (Wildman–Crippen LogP) is -0.290. The van der Waals surface area contributed by atoms with Crippen LogP contribution in [-0.4, -0.2) is 11.5 Å². The Morgan fingerprint density at radius 3 is 2.71 bits per heavy atom. The van der Waals surface area contributed by atoms with Gasteiger partial charge >= 0.3 is 96.2 Å². The van der Waals surface area contributed by atoms with Crippen LogP contribution in [0.1, 0.15) is 27.5 Å². The molecule has 1 aromatic carbocycles.